The van der Waals surface area contributed by atoms with Gasteiger partial charge in [0.1, 0.15) is 6.54 Å². The Balaban J connectivity index is 0.00000288. The monoisotopic (exact) mass is 452 g/mol. The third-order valence-corrected chi connectivity index (χ3v) is 5.58. The zero-order chi connectivity index (χ0) is 17.3. The summed E-state index contributed by atoms with van der Waals surface area (Å²) < 4.78 is 5.44. The van der Waals surface area contributed by atoms with Crippen LogP contribution in [0.5, 0.6) is 0 Å². The van der Waals surface area contributed by atoms with E-state index in [2.05, 4.69) is 42.9 Å². The van der Waals surface area contributed by atoms with Crippen molar-refractivity contribution in [3.63, 3.8) is 0 Å². The van der Waals surface area contributed by atoms with Crippen LogP contribution >= 0.6 is 24.0 Å². The van der Waals surface area contributed by atoms with Crippen molar-refractivity contribution in [3.05, 3.63) is 0 Å². The number of likely N-dealkylation sites (N-methyl/N-ethyl adjacent to an activating group) is 1. The van der Waals surface area contributed by atoms with Crippen molar-refractivity contribution in [1.82, 2.24) is 15.1 Å². The lowest BCUT2D eigenvalue weighted by molar-refractivity contribution is -0.127. The predicted octanol–water partition coefficient (Wildman–Crippen LogP) is 1.80. The van der Waals surface area contributed by atoms with E-state index in [4.69, 9.17) is 4.74 Å². The molecule has 2 rings (SSSR count). The summed E-state index contributed by atoms with van der Waals surface area (Å²) in [6.45, 7) is 12.7. The highest BCUT2D eigenvalue weighted by Gasteiger charge is 2.53. The average molecular weight is 452 g/mol. The first-order valence-corrected chi connectivity index (χ1v) is 8.49. The number of likely N-dealkylation sites (tertiary alicyclic amines) is 1. The number of nitrogens with zero attached hydrogens (tertiary/aromatic N) is 3. The number of hydrogen-bond donors (Lipinski definition) is 1. The van der Waals surface area contributed by atoms with Gasteiger partial charge in [0.25, 0.3) is 0 Å². The van der Waals surface area contributed by atoms with Gasteiger partial charge in [-0.2, -0.15) is 0 Å². The molecule has 0 spiro atoms. The normalized spacial score (nSPS) is 24.8. The zero-order valence-electron chi connectivity index (χ0n) is 15.9. The van der Waals surface area contributed by atoms with Gasteiger partial charge in [0.15, 0.2) is 5.96 Å². The summed E-state index contributed by atoms with van der Waals surface area (Å²) in [7, 11) is 3.52. The van der Waals surface area contributed by atoms with E-state index in [9.17, 15) is 4.79 Å². The van der Waals surface area contributed by atoms with Gasteiger partial charge < -0.3 is 19.9 Å². The second-order valence-corrected chi connectivity index (χ2v) is 8.07. The van der Waals surface area contributed by atoms with Crippen LogP contribution in [-0.4, -0.2) is 74.1 Å². The minimum atomic E-state index is 0. The van der Waals surface area contributed by atoms with Crippen LogP contribution in [0, 0.1) is 11.3 Å². The number of hydrogen-bond acceptors (Lipinski definition) is 3. The molecule has 24 heavy (non-hydrogen) atoms. The summed E-state index contributed by atoms with van der Waals surface area (Å²) >= 11 is 0. The van der Waals surface area contributed by atoms with Gasteiger partial charge in [-0.25, -0.2) is 4.99 Å². The molecule has 140 valence electrons. The topological polar surface area (TPSA) is 57.2 Å². The van der Waals surface area contributed by atoms with E-state index in [1.807, 2.05) is 0 Å². The summed E-state index contributed by atoms with van der Waals surface area (Å²) in [6, 6.07) is 0. The van der Waals surface area contributed by atoms with Gasteiger partial charge in [-0.3, -0.25) is 4.79 Å². The molecule has 2 heterocycles. The van der Waals surface area contributed by atoms with Gasteiger partial charge >= 0.3 is 0 Å². The van der Waals surface area contributed by atoms with Gasteiger partial charge in [-0.15, -0.1) is 24.0 Å². The lowest BCUT2D eigenvalue weighted by Crippen LogP contribution is -2.72. The molecule has 2 fully saturated rings. The van der Waals surface area contributed by atoms with Crippen LogP contribution in [0.1, 0.15) is 34.1 Å². The van der Waals surface area contributed by atoms with Crippen LogP contribution < -0.4 is 5.32 Å². The van der Waals surface area contributed by atoms with Gasteiger partial charge in [-0.05, 0) is 20.3 Å². The summed E-state index contributed by atoms with van der Waals surface area (Å²) in [4.78, 5) is 20.3. The molecule has 0 bridgehead atoms. The Labute approximate surface area is 163 Å². The molecule has 0 saturated carbocycles. The maximum Gasteiger partial charge on any atom is 0.243 e. The van der Waals surface area contributed by atoms with Crippen LogP contribution in [0.2, 0.25) is 0 Å². The maximum absolute atomic E-state index is 11.9. The van der Waals surface area contributed by atoms with Crippen LogP contribution in [0.3, 0.4) is 0 Å². The van der Waals surface area contributed by atoms with Gasteiger partial charge in [0.05, 0.1) is 6.61 Å². The first-order valence-electron chi connectivity index (χ1n) is 8.49. The molecule has 1 unspecified atom stereocenters. The highest BCUT2D eigenvalue weighted by atomic mass is 127. The van der Waals surface area contributed by atoms with E-state index in [0.717, 1.165) is 38.7 Å². The molecule has 1 N–H and O–H groups in total. The van der Waals surface area contributed by atoms with E-state index in [-0.39, 0.29) is 47.4 Å². The third kappa shape index (κ3) is 4.53. The van der Waals surface area contributed by atoms with Crippen molar-refractivity contribution in [2.45, 2.75) is 39.7 Å². The van der Waals surface area contributed by atoms with E-state index >= 15 is 0 Å². The highest BCUT2D eigenvalue weighted by molar-refractivity contribution is 14.0. The first kappa shape index (κ1) is 21.5. The Hall–Kier alpha value is -0.570. The van der Waals surface area contributed by atoms with Gasteiger partial charge in [0.2, 0.25) is 5.91 Å². The van der Waals surface area contributed by atoms with Gasteiger partial charge in [-0.1, -0.05) is 13.8 Å². The van der Waals surface area contributed by atoms with Crippen molar-refractivity contribution in [3.8, 4) is 0 Å². The van der Waals surface area contributed by atoms with E-state index in [0.29, 0.717) is 5.92 Å². The number of rotatable bonds is 4. The summed E-state index contributed by atoms with van der Waals surface area (Å²) in [5.41, 5.74) is 0.254. The Morgan fingerprint density at radius 1 is 1.33 bits per heavy atom. The Bertz CT molecular complexity index is 471. The molecular formula is C17H33IN4O2. The highest BCUT2D eigenvalue weighted by Crippen LogP contribution is 2.46. The molecule has 2 aliphatic heterocycles. The number of ether oxygens (including phenoxy) is 1. The number of amides is 1. The number of halogens is 1. The predicted molar refractivity (Wildman–Crippen MR) is 108 cm³/mol. The Kier molecular flexibility index (Phi) is 7.34. The summed E-state index contributed by atoms with van der Waals surface area (Å²) in [6.07, 6.45) is 1.09. The first-order chi connectivity index (χ1) is 10.6. The van der Waals surface area contributed by atoms with Crippen molar-refractivity contribution >= 4 is 35.8 Å². The van der Waals surface area contributed by atoms with Crippen molar-refractivity contribution in [1.29, 1.82) is 0 Å². The third-order valence-electron chi connectivity index (χ3n) is 5.58. The molecule has 6 nitrogen and oxygen atoms in total. The maximum atomic E-state index is 11.9. The van der Waals surface area contributed by atoms with E-state index < -0.39 is 0 Å². The van der Waals surface area contributed by atoms with Crippen molar-refractivity contribution in [2.75, 3.05) is 46.9 Å². The molecule has 1 amide bonds. The molecule has 1 atom stereocenters. The molecule has 2 saturated heterocycles. The number of carbonyl (C=O) groups excluding carboxylic acids is 1. The van der Waals surface area contributed by atoms with Crippen LogP contribution in [0.25, 0.3) is 0 Å². The Morgan fingerprint density at radius 2 is 2.00 bits per heavy atom. The summed E-state index contributed by atoms with van der Waals surface area (Å²) in [5, 5.41) is 3.48. The fraction of sp³-hybridized carbons (Fsp3) is 0.882. The molecule has 0 aliphatic carbocycles. The van der Waals surface area contributed by atoms with Crippen LogP contribution in [0.15, 0.2) is 4.99 Å². The quantitative estimate of drug-likeness (QED) is 0.402. The molecule has 0 radical (unpaired) electrons. The SMILES string of the molecule is CN(C)C(=O)CN=C(NCC1CCOC1)N1CC(C)(C)C1(C)C.I. The zero-order valence-corrected chi connectivity index (χ0v) is 18.2. The minimum absolute atomic E-state index is 0. The van der Waals surface area contributed by atoms with E-state index in [1.54, 1.807) is 19.0 Å². The van der Waals surface area contributed by atoms with Crippen LogP contribution in [0.4, 0.5) is 0 Å². The van der Waals surface area contributed by atoms with E-state index in [1.165, 1.54) is 0 Å². The lowest BCUT2D eigenvalue weighted by Gasteiger charge is -2.62. The summed E-state index contributed by atoms with van der Waals surface area (Å²) in [5.74, 6) is 1.39. The number of aliphatic imine (C=N–C) groups is 1. The lowest BCUT2D eigenvalue weighted by atomic mass is 9.65. The number of carbonyl (C=O) groups is 1. The average Bonchev–Trinajstić information content (AvgIpc) is 2.98. The fourth-order valence-electron chi connectivity index (χ4n) is 2.90. The van der Waals surface area contributed by atoms with Gasteiger partial charge in [0, 0.05) is 50.7 Å². The smallest absolute Gasteiger partial charge is 0.243 e. The Morgan fingerprint density at radius 3 is 2.46 bits per heavy atom. The fourth-order valence-corrected chi connectivity index (χ4v) is 2.90. The standard InChI is InChI=1S/C17H32N4O2.HI/c1-16(2)12-21(17(16,3)4)15(19-10-14(22)20(5)6)18-9-13-7-8-23-11-13;/h13H,7-12H2,1-6H3,(H,18,19);1H. The second-order valence-electron chi connectivity index (χ2n) is 8.07. The molecule has 7 heteroatoms. The molecular weight excluding hydrogens is 419 g/mol. The number of guanidine groups is 1. The molecule has 0 aromatic carbocycles. The molecule has 0 aromatic heterocycles. The number of nitrogens with one attached hydrogen (secondary N) is 1. The molecule has 0 aromatic rings. The van der Waals surface area contributed by atoms with Crippen molar-refractivity contribution < 1.29 is 9.53 Å². The minimum Gasteiger partial charge on any atom is -0.381 e. The largest absolute Gasteiger partial charge is 0.381 e. The van der Waals surface area contributed by atoms with Crippen molar-refractivity contribution in [2.24, 2.45) is 16.3 Å². The van der Waals surface area contributed by atoms with Crippen LogP contribution in [-0.2, 0) is 9.53 Å². The second kappa shape index (κ2) is 8.21. The molecule has 2 aliphatic rings.